The summed E-state index contributed by atoms with van der Waals surface area (Å²) in [5.74, 6) is -0.762. The molecule has 1 nitrogen and oxygen atoms in total. The Morgan fingerprint density at radius 2 is 1.65 bits per heavy atom. The van der Waals surface area contributed by atoms with Gasteiger partial charge in [-0.3, -0.25) is 0 Å². The smallest absolute Gasteiger partial charge is 0.419 e. The van der Waals surface area contributed by atoms with Crippen molar-refractivity contribution in [2.24, 2.45) is 0 Å². The van der Waals surface area contributed by atoms with Gasteiger partial charge in [0, 0.05) is 5.56 Å². The highest BCUT2D eigenvalue weighted by molar-refractivity contribution is 5.71. The van der Waals surface area contributed by atoms with Crippen molar-refractivity contribution < 1.29 is 18.3 Å². The molecular weight excluding hydrogens is 229 g/mol. The molecule has 0 atom stereocenters. The number of hydrogen-bond acceptors (Lipinski definition) is 1. The van der Waals surface area contributed by atoms with Gasteiger partial charge in [-0.25, -0.2) is 0 Å². The van der Waals surface area contributed by atoms with Gasteiger partial charge in [0.25, 0.3) is 0 Å². The molecule has 87 valence electrons. The number of phenolic OH excluding ortho intramolecular Hbond substituents is 1. The van der Waals surface area contributed by atoms with Gasteiger partial charge in [-0.05, 0) is 23.8 Å². The fourth-order valence-electron chi connectivity index (χ4n) is 1.54. The Morgan fingerprint density at radius 3 is 2.24 bits per heavy atom. The maximum Gasteiger partial charge on any atom is 0.419 e. The van der Waals surface area contributed by atoms with Crippen LogP contribution in [0.3, 0.4) is 0 Å². The van der Waals surface area contributed by atoms with Crippen LogP contribution in [0, 0.1) is 6.07 Å². The quantitative estimate of drug-likeness (QED) is 0.798. The molecule has 0 unspecified atom stereocenters. The fourth-order valence-corrected chi connectivity index (χ4v) is 1.54. The molecule has 2 aromatic rings. The number of alkyl halides is 3. The average Bonchev–Trinajstić information content (AvgIpc) is 2.29. The summed E-state index contributed by atoms with van der Waals surface area (Å²) in [6, 6.07) is 12.8. The maximum absolute atomic E-state index is 12.6. The molecule has 0 aromatic heterocycles. The van der Waals surface area contributed by atoms with Gasteiger partial charge in [0.2, 0.25) is 0 Å². The molecule has 0 saturated heterocycles. The monoisotopic (exact) mass is 237 g/mol. The SMILES string of the molecule is Oc1c(-c2ccccc2)c[c]cc1C(F)(F)F. The van der Waals surface area contributed by atoms with Gasteiger partial charge >= 0.3 is 6.18 Å². The van der Waals surface area contributed by atoms with Gasteiger partial charge in [0.05, 0.1) is 5.56 Å². The molecule has 0 bridgehead atoms. The number of halogens is 3. The van der Waals surface area contributed by atoms with E-state index < -0.39 is 17.5 Å². The Balaban J connectivity index is 2.58. The summed E-state index contributed by atoms with van der Waals surface area (Å²) >= 11 is 0. The molecule has 2 aromatic carbocycles. The lowest BCUT2D eigenvalue weighted by molar-refractivity contribution is -0.138. The largest absolute Gasteiger partial charge is 0.507 e. The van der Waals surface area contributed by atoms with Gasteiger partial charge < -0.3 is 5.11 Å². The third-order valence-electron chi connectivity index (χ3n) is 2.36. The summed E-state index contributed by atoms with van der Waals surface area (Å²) < 4.78 is 37.7. The van der Waals surface area contributed by atoms with E-state index >= 15 is 0 Å². The third-order valence-corrected chi connectivity index (χ3v) is 2.36. The van der Waals surface area contributed by atoms with Crippen LogP contribution in [0.1, 0.15) is 5.56 Å². The topological polar surface area (TPSA) is 20.2 Å². The highest BCUT2D eigenvalue weighted by Gasteiger charge is 2.34. The molecule has 0 spiro atoms. The Morgan fingerprint density at radius 1 is 1.00 bits per heavy atom. The lowest BCUT2D eigenvalue weighted by Crippen LogP contribution is -2.05. The highest BCUT2D eigenvalue weighted by Crippen LogP contribution is 2.40. The number of rotatable bonds is 1. The van der Waals surface area contributed by atoms with Crippen molar-refractivity contribution in [2.45, 2.75) is 6.18 Å². The predicted octanol–water partition coefficient (Wildman–Crippen LogP) is 3.88. The Hall–Kier alpha value is -1.97. The minimum Gasteiger partial charge on any atom is -0.507 e. The van der Waals surface area contributed by atoms with Crippen molar-refractivity contribution in [1.82, 2.24) is 0 Å². The normalized spacial score (nSPS) is 11.5. The van der Waals surface area contributed by atoms with Crippen LogP contribution in [0.15, 0.2) is 42.5 Å². The first-order valence-corrected chi connectivity index (χ1v) is 4.86. The lowest BCUT2D eigenvalue weighted by atomic mass is 10.0. The lowest BCUT2D eigenvalue weighted by Gasteiger charge is -2.12. The van der Waals surface area contributed by atoms with E-state index in [2.05, 4.69) is 6.07 Å². The van der Waals surface area contributed by atoms with Crippen LogP contribution in [-0.2, 0) is 6.18 Å². The van der Waals surface area contributed by atoms with E-state index in [1.54, 1.807) is 30.3 Å². The van der Waals surface area contributed by atoms with Crippen LogP contribution in [0.25, 0.3) is 11.1 Å². The zero-order chi connectivity index (χ0) is 12.5. The summed E-state index contributed by atoms with van der Waals surface area (Å²) in [6.45, 7) is 0. The van der Waals surface area contributed by atoms with Crippen LogP contribution in [0.2, 0.25) is 0 Å². The van der Waals surface area contributed by atoms with Gasteiger partial charge in [0.15, 0.2) is 0 Å². The van der Waals surface area contributed by atoms with Crippen molar-refractivity contribution in [3.8, 4) is 16.9 Å². The molecule has 2 rings (SSSR count). The van der Waals surface area contributed by atoms with Gasteiger partial charge in [-0.15, -0.1) is 0 Å². The fraction of sp³-hybridized carbons (Fsp3) is 0.0769. The molecule has 0 heterocycles. The van der Waals surface area contributed by atoms with Gasteiger partial charge in [-0.2, -0.15) is 13.2 Å². The van der Waals surface area contributed by atoms with Crippen molar-refractivity contribution >= 4 is 0 Å². The molecule has 1 radical (unpaired) electrons. The Kier molecular flexibility index (Phi) is 2.79. The van der Waals surface area contributed by atoms with Crippen molar-refractivity contribution in [3.05, 3.63) is 54.1 Å². The first-order chi connectivity index (χ1) is 8.00. The molecule has 4 heteroatoms. The molecule has 0 aliphatic heterocycles. The zero-order valence-electron chi connectivity index (χ0n) is 8.62. The van der Waals surface area contributed by atoms with Crippen LogP contribution in [0.4, 0.5) is 13.2 Å². The standard InChI is InChI=1S/C13H8F3O/c14-13(15,16)11-8-4-7-10(12(11)17)9-5-2-1-3-6-9/h1-3,5-8,17H. The molecule has 0 aliphatic rings. The molecule has 17 heavy (non-hydrogen) atoms. The third kappa shape index (κ3) is 2.25. The van der Waals surface area contributed by atoms with E-state index in [-0.39, 0.29) is 5.56 Å². The minimum atomic E-state index is -4.58. The van der Waals surface area contributed by atoms with Gasteiger partial charge in [-0.1, -0.05) is 30.3 Å². The zero-order valence-corrected chi connectivity index (χ0v) is 8.62. The van der Waals surface area contributed by atoms with Crippen molar-refractivity contribution in [1.29, 1.82) is 0 Å². The van der Waals surface area contributed by atoms with Crippen molar-refractivity contribution in [3.63, 3.8) is 0 Å². The summed E-state index contributed by atoms with van der Waals surface area (Å²) in [6.07, 6.45) is -4.58. The second-order valence-electron chi connectivity index (χ2n) is 3.50. The molecule has 0 amide bonds. The summed E-state index contributed by atoms with van der Waals surface area (Å²) in [7, 11) is 0. The summed E-state index contributed by atoms with van der Waals surface area (Å²) in [5.41, 5.74) is -0.424. The predicted molar refractivity (Wildman–Crippen MR) is 57.4 cm³/mol. The summed E-state index contributed by atoms with van der Waals surface area (Å²) in [4.78, 5) is 0. The van der Waals surface area contributed by atoms with Crippen LogP contribution < -0.4 is 0 Å². The van der Waals surface area contributed by atoms with Gasteiger partial charge in [0.1, 0.15) is 5.75 Å². The van der Waals surface area contributed by atoms with Crippen LogP contribution in [-0.4, -0.2) is 5.11 Å². The first kappa shape index (κ1) is 11.5. The van der Waals surface area contributed by atoms with E-state index in [0.29, 0.717) is 5.56 Å². The molecule has 1 N–H and O–H groups in total. The van der Waals surface area contributed by atoms with E-state index in [1.807, 2.05) is 0 Å². The van der Waals surface area contributed by atoms with E-state index in [1.165, 1.54) is 6.07 Å². The molecule has 0 fully saturated rings. The maximum atomic E-state index is 12.6. The minimum absolute atomic E-state index is 0.125. The number of benzene rings is 2. The van der Waals surface area contributed by atoms with E-state index in [9.17, 15) is 18.3 Å². The van der Waals surface area contributed by atoms with Crippen LogP contribution in [0.5, 0.6) is 5.75 Å². The summed E-state index contributed by atoms with van der Waals surface area (Å²) in [5, 5.41) is 9.64. The Labute approximate surface area is 96.1 Å². The highest BCUT2D eigenvalue weighted by atomic mass is 19.4. The molecular formula is C13H8F3O. The number of hydrogen-bond donors (Lipinski definition) is 1. The van der Waals surface area contributed by atoms with Crippen molar-refractivity contribution in [2.75, 3.05) is 0 Å². The second kappa shape index (κ2) is 4.13. The average molecular weight is 237 g/mol. The van der Waals surface area contributed by atoms with E-state index in [0.717, 1.165) is 6.07 Å². The number of aromatic hydroxyl groups is 1. The Bertz CT molecular complexity index is 518. The van der Waals surface area contributed by atoms with Crippen LogP contribution >= 0.6 is 0 Å². The number of phenols is 1. The molecule has 0 saturated carbocycles. The molecule has 0 aliphatic carbocycles. The van der Waals surface area contributed by atoms with E-state index in [4.69, 9.17) is 0 Å². The second-order valence-corrected chi connectivity index (χ2v) is 3.50. The first-order valence-electron chi connectivity index (χ1n) is 4.86.